The molecule has 0 unspecified atom stereocenters. The van der Waals surface area contributed by atoms with Crippen LogP contribution in [-0.4, -0.2) is 28.8 Å². The van der Waals surface area contributed by atoms with Crippen LogP contribution in [0.5, 0.6) is 5.75 Å². The number of carbonyl (C=O) groups is 1. The van der Waals surface area contributed by atoms with Crippen LogP contribution in [0.4, 0.5) is 0 Å². The quantitative estimate of drug-likeness (QED) is 0.495. The molecule has 2 aromatic carbocycles. The van der Waals surface area contributed by atoms with Gasteiger partial charge in [-0.1, -0.05) is 29.4 Å². The number of nitrogens with zero attached hydrogens (tertiary/aromatic N) is 2. The van der Waals surface area contributed by atoms with Gasteiger partial charge in [0.05, 0.1) is 19.3 Å². The SMILES string of the molecule is CCOc1ccc(-c2noc(CCC(=O)NCc3ccccc3COC(C)C)n2)cc1. The van der Waals surface area contributed by atoms with Crippen LogP contribution in [0.3, 0.4) is 0 Å². The number of ether oxygens (including phenoxy) is 2. The molecule has 0 fully saturated rings. The first-order valence-electron chi connectivity index (χ1n) is 10.6. The molecule has 0 aliphatic carbocycles. The zero-order valence-electron chi connectivity index (χ0n) is 18.3. The summed E-state index contributed by atoms with van der Waals surface area (Å²) >= 11 is 0. The number of carbonyl (C=O) groups excluding carboxylic acids is 1. The Bertz CT molecular complexity index is 967. The number of benzene rings is 2. The first kappa shape index (κ1) is 22.5. The first-order chi connectivity index (χ1) is 15.0. The van der Waals surface area contributed by atoms with Gasteiger partial charge in [-0.3, -0.25) is 4.79 Å². The summed E-state index contributed by atoms with van der Waals surface area (Å²) in [6.45, 7) is 7.55. The van der Waals surface area contributed by atoms with Gasteiger partial charge in [0.15, 0.2) is 0 Å². The smallest absolute Gasteiger partial charge is 0.227 e. The van der Waals surface area contributed by atoms with Crippen LogP contribution in [0.2, 0.25) is 0 Å². The molecule has 1 heterocycles. The highest BCUT2D eigenvalue weighted by Crippen LogP contribution is 2.20. The molecule has 0 spiro atoms. The third-order valence-corrected chi connectivity index (χ3v) is 4.62. The van der Waals surface area contributed by atoms with E-state index >= 15 is 0 Å². The van der Waals surface area contributed by atoms with Gasteiger partial charge in [0, 0.05) is 24.9 Å². The van der Waals surface area contributed by atoms with E-state index in [1.54, 1.807) is 0 Å². The van der Waals surface area contributed by atoms with Crippen LogP contribution in [-0.2, 0) is 29.1 Å². The number of rotatable bonds is 11. The zero-order chi connectivity index (χ0) is 22.1. The van der Waals surface area contributed by atoms with Crippen molar-refractivity contribution in [2.24, 2.45) is 0 Å². The molecule has 7 heteroatoms. The molecule has 0 atom stereocenters. The Morgan fingerprint density at radius 3 is 2.55 bits per heavy atom. The molecule has 7 nitrogen and oxygen atoms in total. The predicted octanol–water partition coefficient (Wildman–Crippen LogP) is 4.31. The number of aryl methyl sites for hydroxylation is 1. The van der Waals surface area contributed by atoms with Crippen LogP contribution in [0.25, 0.3) is 11.4 Å². The Morgan fingerprint density at radius 1 is 1.10 bits per heavy atom. The van der Waals surface area contributed by atoms with Gasteiger partial charge < -0.3 is 19.3 Å². The lowest BCUT2D eigenvalue weighted by Crippen LogP contribution is -2.23. The fourth-order valence-corrected chi connectivity index (χ4v) is 2.97. The molecular formula is C24H29N3O4. The second kappa shape index (κ2) is 11.3. The monoisotopic (exact) mass is 423 g/mol. The second-order valence-electron chi connectivity index (χ2n) is 7.37. The Kier molecular flexibility index (Phi) is 8.18. The van der Waals surface area contributed by atoms with Crippen molar-refractivity contribution in [3.05, 3.63) is 65.5 Å². The Balaban J connectivity index is 1.48. The molecule has 1 N–H and O–H groups in total. The van der Waals surface area contributed by atoms with Crippen molar-refractivity contribution in [1.82, 2.24) is 15.5 Å². The van der Waals surface area contributed by atoms with Crippen LogP contribution in [0.1, 0.15) is 44.2 Å². The lowest BCUT2D eigenvalue weighted by molar-refractivity contribution is -0.121. The first-order valence-corrected chi connectivity index (χ1v) is 10.6. The van der Waals surface area contributed by atoms with E-state index in [4.69, 9.17) is 14.0 Å². The summed E-state index contributed by atoms with van der Waals surface area (Å²) in [7, 11) is 0. The average Bonchev–Trinajstić information content (AvgIpc) is 3.25. The minimum atomic E-state index is -0.0691. The van der Waals surface area contributed by atoms with Gasteiger partial charge in [0.2, 0.25) is 17.6 Å². The van der Waals surface area contributed by atoms with Crippen molar-refractivity contribution in [3.8, 4) is 17.1 Å². The molecule has 3 rings (SSSR count). The van der Waals surface area contributed by atoms with Crippen LogP contribution in [0, 0.1) is 0 Å². The van der Waals surface area contributed by atoms with Crippen molar-refractivity contribution in [3.63, 3.8) is 0 Å². The third-order valence-electron chi connectivity index (χ3n) is 4.62. The number of nitrogens with one attached hydrogen (secondary N) is 1. The van der Waals surface area contributed by atoms with Crippen molar-refractivity contribution < 1.29 is 18.8 Å². The van der Waals surface area contributed by atoms with Crippen molar-refractivity contribution in [2.75, 3.05) is 6.61 Å². The predicted molar refractivity (Wildman–Crippen MR) is 117 cm³/mol. The Morgan fingerprint density at radius 2 is 1.84 bits per heavy atom. The molecule has 164 valence electrons. The summed E-state index contributed by atoms with van der Waals surface area (Å²) < 4.78 is 16.4. The maximum atomic E-state index is 12.3. The van der Waals surface area contributed by atoms with E-state index in [1.165, 1.54) is 0 Å². The number of hydrogen-bond donors (Lipinski definition) is 1. The van der Waals surface area contributed by atoms with Crippen LogP contribution in [0.15, 0.2) is 53.1 Å². The van der Waals surface area contributed by atoms with E-state index in [0.29, 0.717) is 37.9 Å². The van der Waals surface area contributed by atoms with Gasteiger partial charge in [-0.2, -0.15) is 4.98 Å². The summed E-state index contributed by atoms with van der Waals surface area (Å²) in [6.07, 6.45) is 0.813. The molecule has 0 aliphatic rings. The molecule has 0 saturated heterocycles. The largest absolute Gasteiger partial charge is 0.494 e. The van der Waals surface area contributed by atoms with Gasteiger partial charge in [-0.25, -0.2) is 0 Å². The fourth-order valence-electron chi connectivity index (χ4n) is 2.97. The summed E-state index contributed by atoms with van der Waals surface area (Å²) in [6, 6.07) is 15.5. The highest BCUT2D eigenvalue weighted by Gasteiger charge is 2.12. The van der Waals surface area contributed by atoms with E-state index in [0.717, 1.165) is 22.4 Å². The zero-order valence-corrected chi connectivity index (χ0v) is 18.3. The van der Waals surface area contributed by atoms with Crippen molar-refractivity contribution in [1.29, 1.82) is 0 Å². The number of aromatic nitrogens is 2. The number of hydrogen-bond acceptors (Lipinski definition) is 6. The summed E-state index contributed by atoms with van der Waals surface area (Å²) in [5.41, 5.74) is 2.96. The molecule has 0 radical (unpaired) electrons. The van der Waals surface area contributed by atoms with E-state index < -0.39 is 0 Å². The molecular weight excluding hydrogens is 394 g/mol. The van der Waals surface area contributed by atoms with E-state index in [-0.39, 0.29) is 18.4 Å². The Hall–Kier alpha value is -3.19. The highest BCUT2D eigenvalue weighted by atomic mass is 16.5. The highest BCUT2D eigenvalue weighted by molar-refractivity contribution is 5.76. The van der Waals surface area contributed by atoms with Gasteiger partial charge in [-0.15, -0.1) is 0 Å². The molecule has 1 amide bonds. The fraction of sp³-hybridized carbons (Fsp3) is 0.375. The van der Waals surface area contributed by atoms with E-state index in [9.17, 15) is 4.79 Å². The third kappa shape index (κ3) is 6.93. The lowest BCUT2D eigenvalue weighted by Gasteiger charge is -2.12. The lowest BCUT2D eigenvalue weighted by atomic mass is 10.1. The molecule has 0 saturated carbocycles. The molecule has 31 heavy (non-hydrogen) atoms. The van der Waals surface area contributed by atoms with E-state index in [2.05, 4.69) is 15.5 Å². The second-order valence-corrected chi connectivity index (χ2v) is 7.37. The summed E-state index contributed by atoms with van der Waals surface area (Å²) in [5, 5.41) is 6.96. The van der Waals surface area contributed by atoms with Gasteiger partial charge >= 0.3 is 0 Å². The maximum Gasteiger partial charge on any atom is 0.227 e. The topological polar surface area (TPSA) is 86.5 Å². The Labute approximate surface area is 182 Å². The minimum absolute atomic E-state index is 0.0691. The molecule has 0 aliphatic heterocycles. The van der Waals surface area contributed by atoms with E-state index in [1.807, 2.05) is 69.3 Å². The van der Waals surface area contributed by atoms with Gasteiger partial charge in [0.1, 0.15) is 5.75 Å². The normalized spacial score (nSPS) is 11.0. The average molecular weight is 424 g/mol. The summed E-state index contributed by atoms with van der Waals surface area (Å²) in [5.74, 6) is 1.66. The minimum Gasteiger partial charge on any atom is -0.494 e. The van der Waals surface area contributed by atoms with Gasteiger partial charge in [-0.05, 0) is 56.2 Å². The van der Waals surface area contributed by atoms with Gasteiger partial charge in [0.25, 0.3) is 0 Å². The number of amides is 1. The van der Waals surface area contributed by atoms with Crippen molar-refractivity contribution >= 4 is 5.91 Å². The molecule has 1 aromatic heterocycles. The standard InChI is InChI=1S/C24H29N3O4/c1-4-29-21-11-9-18(10-12-21)24-26-23(31-27-24)14-13-22(28)25-15-19-7-5-6-8-20(19)16-30-17(2)3/h5-12,17H,4,13-16H2,1-3H3,(H,25,28). The molecule has 0 bridgehead atoms. The maximum absolute atomic E-state index is 12.3. The van der Waals surface area contributed by atoms with Crippen molar-refractivity contribution in [2.45, 2.75) is 52.9 Å². The van der Waals surface area contributed by atoms with Crippen LogP contribution >= 0.6 is 0 Å². The summed E-state index contributed by atoms with van der Waals surface area (Å²) in [4.78, 5) is 16.7. The van der Waals surface area contributed by atoms with Crippen LogP contribution < -0.4 is 10.1 Å². The molecule has 3 aromatic rings.